The van der Waals surface area contributed by atoms with Gasteiger partial charge in [-0.1, -0.05) is 24.3 Å². The number of carbonyl (C=O) groups is 3. The summed E-state index contributed by atoms with van der Waals surface area (Å²) in [6.07, 6.45) is 0.825. The van der Waals surface area contributed by atoms with Gasteiger partial charge < -0.3 is 39.2 Å². The first-order valence-electron chi connectivity index (χ1n) is 16.3. The van der Waals surface area contributed by atoms with Gasteiger partial charge in [0.2, 0.25) is 11.8 Å². The molecule has 0 saturated carbocycles. The van der Waals surface area contributed by atoms with Gasteiger partial charge in [-0.3, -0.25) is 19.3 Å². The molecule has 2 atom stereocenters. The second-order valence-corrected chi connectivity index (χ2v) is 12.1. The normalized spacial score (nSPS) is 20.4. The quantitative estimate of drug-likeness (QED) is 0.435. The molecule has 7 rings (SSSR count). The van der Waals surface area contributed by atoms with Crippen molar-refractivity contribution in [1.29, 1.82) is 0 Å². The number of rotatable bonds is 4. The fourth-order valence-corrected chi connectivity index (χ4v) is 6.28. The van der Waals surface area contributed by atoms with E-state index in [9.17, 15) is 14.4 Å². The van der Waals surface area contributed by atoms with Crippen molar-refractivity contribution in [2.45, 2.75) is 44.5 Å². The van der Waals surface area contributed by atoms with E-state index in [1.165, 1.54) is 7.11 Å². The van der Waals surface area contributed by atoms with Gasteiger partial charge in [-0.05, 0) is 42.3 Å². The summed E-state index contributed by atoms with van der Waals surface area (Å²) in [5.74, 6) is 2.38. The molecule has 48 heavy (non-hydrogen) atoms. The Morgan fingerprint density at radius 3 is 2.60 bits per heavy atom. The Hall–Kier alpha value is -4.97. The number of aryl methyl sites for hydroxylation is 1. The van der Waals surface area contributed by atoms with E-state index in [0.29, 0.717) is 68.6 Å². The largest absolute Gasteiger partial charge is 0.496 e. The highest BCUT2D eigenvalue weighted by atomic mass is 16.5. The maximum Gasteiger partial charge on any atom is 0.258 e. The van der Waals surface area contributed by atoms with E-state index >= 15 is 0 Å². The lowest BCUT2D eigenvalue weighted by Crippen LogP contribution is -2.59. The molecule has 0 aromatic heterocycles. The van der Waals surface area contributed by atoms with E-state index in [-0.39, 0.29) is 43.8 Å². The molecule has 0 radical (unpaired) electrons. The van der Waals surface area contributed by atoms with Gasteiger partial charge in [0.05, 0.1) is 26.8 Å². The predicted molar refractivity (Wildman–Crippen MR) is 176 cm³/mol. The number of nitrogens with one attached hydrogen (secondary N) is 2. The molecule has 0 aliphatic carbocycles. The third-order valence-electron chi connectivity index (χ3n) is 8.89. The van der Waals surface area contributed by atoms with Gasteiger partial charge in [0.15, 0.2) is 18.1 Å². The number of ether oxygens (including phenoxy) is 5. The summed E-state index contributed by atoms with van der Waals surface area (Å²) in [4.78, 5) is 43.6. The Labute approximate surface area is 280 Å². The zero-order valence-electron chi connectivity index (χ0n) is 27.4. The van der Waals surface area contributed by atoms with Crippen molar-refractivity contribution in [3.8, 4) is 28.7 Å². The van der Waals surface area contributed by atoms with Crippen LogP contribution in [0.1, 0.15) is 29.5 Å². The van der Waals surface area contributed by atoms with E-state index < -0.39 is 12.1 Å². The van der Waals surface area contributed by atoms with Gasteiger partial charge in [-0.15, -0.1) is 0 Å². The minimum absolute atomic E-state index is 0.0246. The molecule has 12 heteroatoms. The number of likely N-dealkylation sites (tertiary alicyclic amines) is 1. The van der Waals surface area contributed by atoms with E-state index in [4.69, 9.17) is 23.7 Å². The molecular formula is C36H42N4O8. The van der Waals surface area contributed by atoms with E-state index in [1.807, 2.05) is 42.5 Å². The maximum atomic E-state index is 13.6. The van der Waals surface area contributed by atoms with Crippen LogP contribution >= 0.6 is 0 Å². The maximum absolute atomic E-state index is 13.6. The molecule has 4 aliphatic heterocycles. The Morgan fingerprint density at radius 2 is 1.75 bits per heavy atom. The second-order valence-electron chi connectivity index (χ2n) is 12.1. The number of amides is 3. The lowest BCUT2D eigenvalue weighted by molar-refractivity contribution is -0.136. The molecule has 2 N–H and O–H groups in total. The lowest BCUT2D eigenvalue weighted by Gasteiger charge is -2.39. The van der Waals surface area contributed by atoms with Crippen molar-refractivity contribution in [2.24, 2.45) is 0 Å². The van der Waals surface area contributed by atoms with Crippen LogP contribution in [0.4, 0.5) is 0 Å². The molecule has 4 bridgehead atoms. The van der Waals surface area contributed by atoms with Gasteiger partial charge in [0, 0.05) is 62.8 Å². The SMILES string of the molecule is COc1cc2ccc1CNC(=O)CCc1ccc(OC)c(c1)OCC(=O)N[C@@H]1CN(C(=O)CN3CCOc4ccccc4C3)CC[C@@H]1O2. The van der Waals surface area contributed by atoms with Crippen molar-refractivity contribution >= 4 is 17.7 Å². The number of nitrogens with zero attached hydrogens (tertiary/aromatic N) is 2. The van der Waals surface area contributed by atoms with Crippen LogP contribution in [0.3, 0.4) is 0 Å². The van der Waals surface area contributed by atoms with E-state index in [1.54, 1.807) is 30.2 Å². The van der Waals surface area contributed by atoms with Gasteiger partial charge in [0.25, 0.3) is 5.91 Å². The highest BCUT2D eigenvalue weighted by Crippen LogP contribution is 2.30. The zero-order valence-corrected chi connectivity index (χ0v) is 27.4. The van der Waals surface area contributed by atoms with Crippen molar-refractivity contribution < 1.29 is 38.1 Å². The van der Waals surface area contributed by atoms with Crippen LogP contribution in [-0.2, 0) is 33.9 Å². The van der Waals surface area contributed by atoms with Crippen LogP contribution in [0, 0.1) is 0 Å². The van der Waals surface area contributed by atoms with Crippen LogP contribution < -0.4 is 34.3 Å². The number of para-hydroxylation sites is 1. The molecule has 4 heterocycles. The number of hydrogen-bond acceptors (Lipinski definition) is 9. The molecule has 0 spiro atoms. The van der Waals surface area contributed by atoms with Gasteiger partial charge in [-0.25, -0.2) is 0 Å². The molecule has 0 unspecified atom stereocenters. The van der Waals surface area contributed by atoms with Gasteiger partial charge >= 0.3 is 0 Å². The third kappa shape index (κ3) is 8.11. The van der Waals surface area contributed by atoms with Crippen molar-refractivity contribution in [3.05, 3.63) is 77.4 Å². The first-order chi connectivity index (χ1) is 23.4. The summed E-state index contributed by atoms with van der Waals surface area (Å²) in [6.45, 7) is 2.75. The fraction of sp³-hybridized carbons (Fsp3) is 0.417. The molecule has 12 nitrogen and oxygen atoms in total. The highest BCUT2D eigenvalue weighted by Gasteiger charge is 2.35. The van der Waals surface area contributed by atoms with E-state index in [0.717, 1.165) is 22.4 Å². The molecule has 3 amide bonds. The first-order valence-corrected chi connectivity index (χ1v) is 16.3. The summed E-state index contributed by atoms with van der Waals surface area (Å²) in [7, 11) is 3.10. The van der Waals surface area contributed by atoms with Crippen molar-refractivity contribution in [3.63, 3.8) is 0 Å². The highest BCUT2D eigenvalue weighted by molar-refractivity contribution is 5.80. The molecule has 3 aromatic rings. The number of piperidine rings is 1. The summed E-state index contributed by atoms with van der Waals surface area (Å²) < 4.78 is 29.3. The Morgan fingerprint density at radius 1 is 0.896 bits per heavy atom. The molecule has 254 valence electrons. The smallest absolute Gasteiger partial charge is 0.258 e. The van der Waals surface area contributed by atoms with Gasteiger partial charge in [0.1, 0.15) is 30.0 Å². The lowest BCUT2D eigenvalue weighted by atomic mass is 10.0. The van der Waals surface area contributed by atoms with Crippen molar-refractivity contribution in [2.75, 3.05) is 53.6 Å². The summed E-state index contributed by atoms with van der Waals surface area (Å²) in [5, 5.41) is 6.04. The molecule has 3 aromatic carbocycles. The molecule has 4 aliphatic rings. The van der Waals surface area contributed by atoms with Crippen LogP contribution in [0.5, 0.6) is 28.7 Å². The zero-order chi connectivity index (χ0) is 33.5. The van der Waals surface area contributed by atoms with Crippen LogP contribution in [0.2, 0.25) is 0 Å². The van der Waals surface area contributed by atoms with E-state index in [2.05, 4.69) is 15.5 Å². The number of methoxy groups -OCH3 is 2. The summed E-state index contributed by atoms with van der Waals surface area (Å²) in [6, 6.07) is 18.3. The van der Waals surface area contributed by atoms with Crippen molar-refractivity contribution in [1.82, 2.24) is 20.4 Å². The minimum Gasteiger partial charge on any atom is -0.496 e. The average Bonchev–Trinajstić information content (AvgIpc) is 3.31. The van der Waals surface area contributed by atoms with Crippen LogP contribution in [0.15, 0.2) is 60.7 Å². The third-order valence-corrected chi connectivity index (χ3v) is 8.89. The first kappa shape index (κ1) is 33.0. The van der Waals surface area contributed by atoms with Crippen LogP contribution in [0.25, 0.3) is 0 Å². The Balaban J connectivity index is 1.21. The molecule has 1 fully saturated rings. The number of hydrogen-bond donors (Lipinski definition) is 2. The average molecular weight is 659 g/mol. The monoisotopic (exact) mass is 658 g/mol. The molecule has 1 saturated heterocycles. The topological polar surface area (TPSA) is 128 Å². The summed E-state index contributed by atoms with van der Waals surface area (Å²) in [5.41, 5.74) is 2.73. The van der Waals surface area contributed by atoms with Gasteiger partial charge in [-0.2, -0.15) is 0 Å². The Bertz CT molecular complexity index is 1630. The minimum atomic E-state index is -0.507. The standard InChI is InChI=1S/C36H42N4O8/c1-44-31-11-7-24-8-12-34(41)37-19-25-9-10-27(18-32(25)45-2)48-30-13-14-40(21-28(30)38-35(42)23-47-33(31)17-24)36(43)22-39-15-16-46-29-6-4-3-5-26(29)20-39/h3-7,9-11,17-18,28,30H,8,12-16,19-23H2,1-2H3,(H,37,41)(H,38,42)/t28-,30+/m1/s1. The second kappa shape index (κ2) is 15.3. The number of carbonyl (C=O) groups excluding carboxylic acids is 3. The summed E-state index contributed by atoms with van der Waals surface area (Å²) >= 11 is 0. The van der Waals surface area contributed by atoms with Crippen LogP contribution in [-0.4, -0.2) is 93.3 Å². The Kier molecular flexibility index (Phi) is 10.5. The molecular weight excluding hydrogens is 616 g/mol. The fourth-order valence-electron chi connectivity index (χ4n) is 6.28. The number of benzene rings is 3. The predicted octanol–water partition coefficient (Wildman–Crippen LogP) is 2.70. The number of fused-ring (bicyclic) bond motifs is 10.